The Labute approximate surface area is 146 Å². The van der Waals surface area contributed by atoms with Gasteiger partial charge in [0.1, 0.15) is 12.4 Å². The van der Waals surface area contributed by atoms with Crippen LogP contribution in [0.1, 0.15) is 30.0 Å². The lowest BCUT2D eigenvalue weighted by atomic mass is 10.1. The van der Waals surface area contributed by atoms with Gasteiger partial charge in [0, 0.05) is 15.7 Å². The Bertz CT molecular complexity index is 685. The van der Waals surface area contributed by atoms with Crippen LogP contribution >= 0.6 is 28.1 Å². The summed E-state index contributed by atoms with van der Waals surface area (Å²) in [5, 5.41) is 3.28. The fourth-order valence-electron chi connectivity index (χ4n) is 2.17. The van der Waals surface area contributed by atoms with Crippen LogP contribution in [0.2, 0.25) is 0 Å². The molecule has 0 amide bonds. The molecular weight excluding hydrogens is 358 g/mol. The normalized spacial score (nSPS) is 10.4. The molecule has 2 rings (SSSR count). The lowest BCUT2D eigenvalue weighted by molar-refractivity contribution is 0.304. The Balaban J connectivity index is 2.19. The van der Waals surface area contributed by atoms with Crippen molar-refractivity contribution in [3.05, 3.63) is 57.6 Å². The summed E-state index contributed by atoms with van der Waals surface area (Å²) in [5.74, 6) is 0.908. The molecule has 0 aliphatic rings. The van der Waals surface area contributed by atoms with Crippen molar-refractivity contribution in [1.29, 1.82) is 0 Å². The molecule has 0 radical (unpaired) electrons. The van der Waals surface area contributed by atoms with Crippen LogP contribution in [0.3, 0.4) is 0 Å². The van der Waals surface area contributed by atoms with Crippen molar-refractivity contribution in [1.82, 2.24) is 0 Å². The zero-order chi connectivity index (χ0) is 16.1. The maximum Gasteiger partial charge on any atom is 0.122 e. The predicted molar refractivity (Wildman–Crippen MR) is 101 cm³/mol. The van der Waals surface area contributed by atoms with Gasteiger partial charge in [0.15, 0.2) is 0 Å². The molecule has 2 nitrogen and oxygen atoms in total. The Morgan fingerprint density at radius 3 is 2.68 bits per heavy atom. The van der Waals surface area contributed by atoms with E-state index >= 15 is 0 Å². The van der Waals surface area contributed by atoms with Crippen molar-refractivity contribution in [2.45, 2.75) is 33.8 Å². The first kappa shape index (κ1) is 17.0. The molecule has 0 spiro atoms. The minimum absolute atomic E-state index is 0.486. The standard InChI is InChI=1S/C18H20BrNOS/c1-4-18(22)20-16-7-5-6-15(19)14(16)11-21-17-9-8-12(2)10-13(17)3/h5-10H,4,11H2,1-3H3,(H,20,22). The van der Waals surface area contributed by atoms with Gasteiger partial charge in [-0.25, -0.2) is 0 Å². The third-order valence-corrected chi connectivity index (χ3v) is 4.55. The molecule has 0 fully saturated rings. The molecular formula is C18H20BrNOS. The first-order chi connectivity index (χ1) is 10.5. The summed E-state index contributed by atoms with van der Waals surface area (Å²) in [4.78, 5) is 0.825. The average molecular weight is 378 g/mol. The zero-order valence-electron chi connectivity index (χ0n) is 13.1. The smallest absolute Gasteiger partial charge is 0.122 e. The van der Waals surface area contributed by atoms with E-state index in [-0.39, 0.29) is 0 Å². The summed E-state index contributed by atoms with van der Waals surface area (Å²) >= 11 is 8.89. The van der Waals surface area contributed by atoms with E-state index in [2.05, 4.69) is 47.2 Å². The van der Waals surface area contributed by atoms with Gasteiger partial charge in [-0.15, -0.1) is 0 Å². The third-order valence-electron chi connectivity index (χ3n) is 3.42. The van der Waals surface area contributed by atoms with E-state index in [1.807, 2.05) is 31.2 Å². The molecule has 0 aliphatic carbocycles. The van der Waals surface area contributed by atoms with E-state index in [0.29, 0.717) is 6.61 Å². The summed E-state index contributed by atoms with van der Waals surface area (Å²) < 4.78 is 7.02. The predicted octanol–water partition coefficient (Wildman–Crippen LogP) is 5.79. The topological polar surface area (TPSA) is 21.3 Å². The molecule has 0 saturated heterocycles. The monoisotopic (exact) mass is 377 g/mol. The third kappa shape index (κ3) is 4.31. The quantitative estimate of drug-likeness (QED) is 0.665. The highest BCUT2D eigenvalue weighted by molar-refractivity contribution is 9.10. The number of hydrogen-bond donors (Lipinski definition) is 1. The number of benzene rings is 2. The number of anilines is 1. The van der Waals surface area contributed by atoms with Crippen LogP contribution in [-0.4, -0.2) is 4.99 Å². The van der Waals surface area contributed by atoms with E-state index in [1.165, 1.54) is 5.56 Å². The lowest BCUT2D eigenvalue weighted by Gasteiger charge is -2.16. The minimum Gasteiger partial charge on any atom is -0.489 e. The Morgan fingerprint density at radius 1 is 1.23 bits per heavy atom. The molecule has 0 bridgehead atoms. The van der Waals surface area contributed by atoms with Gasteiger partial charge in [-0.05, 0) is 44.0 Å². The molecule has 116 valence electrons. The van der Waals surface area contributed by atoms with Gasteiger partial charge in [-0.2, -0.15) is 0 Å². The first-order valence-electron chi connectivity index (χ1n) is 7.28. The number of thiocarbonyl (C=S) groups is 1. The molecule has 0 atom stereocenters. The van der Waals surface area contributed by atoms with E-state index in [1.54, 1.807) is 0 Å². The number of halogens is 1. The largest absolute Gasteiger partial charge is 0.489 e. The van der Waals surface area contributed by atoms with Gasteiger partial charge < -0.3 is 10.1 Å². The SMILES string of the molecule is CCC(=S)Nc1cccc(Br)c1COc1ccc(C)cc1C. The number of aryl methyl sites for hydroxylation is 2. The fraction of sp³-hybridized carbons (Fsp3) is 0.278. The van der Waals surface area contributed by atoms with Crippen LogP contribution in [-0.2, 0) is 6.61 Å². The Kier molecular flexibility index (Phi) is 5.98. The molecule has 0 heterocycles. The molecule has 2 aromatic rings. The number of nitrogens with one attached hydrogen (secondary N) is 1. The highest BCUT2D eigenvalue weighted by Crippen LogP contribution is 2.28. The summed E-state index contributed by atoms with van der Waals surface area (Å²) in [5.41, 5.74) is 4.44. The van der Waals surface area contributed by atoms with Crippen LogP contribution in [0.15, 0.2) is 40.9 Å². The van der Waals surface area contributed by atoms with Gasteiger partial charge in [0.2, 0.25) is 0 Å². The van der Waals surface area contributed by atoms with E-state index < -0.39 is 0 Å². The van der Waals surface area contributed by atoms with Crippen molar-refractivity contribution >= 4 is 38.8 Å². The second-order valence-corrected chi connectivity index (χ2v) is 6.57. The molecule has 22 heavy (non-hydrogen) atoms. The minimum atomic E-state index is 0.486. The van der Waals surface area contributed by atoms with Gasteiger partial charge in [0.05, 0.1) is 4.99 Å². The molecule has 0 unspecified atom stereocenters. The second-order valence-electron chi connectivity index (χ2n) is 5.23. The molecule has 0 aromatic heterocycles. The van der Waals surface area contributed by atoms with E-state index in [4.69, 9.17) is 17.0 Å². The van der Waals surface area contributed by atoms with Crippen LogP contribution in [0, 0.1) is 13.8 Å². The lowest BCUT2D eigenvalue weighted by Crippen LogP contribution is -2.10. The van der Waals surface area contributed by atoms with Crippen molar-refractivity contribution in [3.63, 3.8) is 0 Å². The maximum absolute atomic E-state index is 6.00. The first-order valence-corrected chi connectivity index (χ1v) is 8.48. The number of hydrogen-bond acceptors (Lipinski definition) is 2. The molecule has 1 N–H and O–H groups in total. The van der Waals surface area contributed by atoms with Crippen LogP contribution in [0.4, 0.5) is 5.69 Å². The fourth-order valence-corrected chi connectivity index (χ4v) is 2.76. The zero-order valence-corrected chi connectivity index (χ0v) is 15.5. The average Bonchev–Trinajstić information content (AvgIpc) is 2.48. The summed E-state index contributed by atoms with van der Waals surface area (Å²) in [7, 11) is 0. The van der Waals surface area contributed by atoms with Crippen molar-refractivity contribution in [2.24, 2.45) is 0 Å². The molecule has 0 saturated carbocycles. The Hall–Kier alpha value is -1.39. The highest BCUT2D eigenvalue weighted by Gasteiger charge is 2.09. The summed E-state index contributed by atoms with van der Waals surface area (Å²) in [6.07, 6.45) is 0.819. The summed E-state index contributed by atoms with van der Waals surface area (Å²) in [6, 6.07) is 12.2. The van der Waals surface area contributed by atoms with Gasteiger partial charge in [-0.1, -0.05) is 58.8 Å². The van der Waals surface area contributed by atoms with Crippen LogP contribution in [0.25, 0.3) is 0 Å². The van der Waals surface area contributed by atoms with Crippen molar-refractivity contribution < 1.29 is 4.74 Å². The molecule has 2 aromatic carbocycles. The van der Waals surface area contributed by atoms with Gasteiger partial charge >= 0.3 is 0 Å². The Morgan fingerprint density at radius 2 is 2.00 bits per heavy atom. The summed E-state index contributed by atoms with van der Waals surface area (Å²) in [6.45, 7) is 6.67. The van der Waals surface area contributed by atoms with Gasteiger partial charge in [-0.3, -0.25) is 0 Å². The van der Waals surface area contributed by atoms with Crippen molar-refractivity contribution in [3.8, 4) is 5.75 Å². The highest BCUT2D eigenvalue weighted by atomic mass is 79.9. The molecule has 0 aliphatic heterocycles. The van der Waals surface area contributed by atoms with E-state index in [0.717, 1.165) is 38.4 Å². The van der Waals surface area contributed by atoms with Crippen LogP contribution in [0.5, 0.6) is 5.75 Å². The number of ether oxygens (including phenoxy) is 1. The van der Waals surface area contributed by atoms with Crippen molar-refractivity contribution in [2.75, 3.05) is 5.32 Å². The van der Waals surface area contributed by atoms with E-state index in [9.17, 15) is 0 Å². The van der Waals surface area contributed by atoms with Crippen LogP contribution < -0.4 is 10.1 Å². The maximum atomic E-state index is 6.00. The number of rotatable bonds is 5. The molecule has 4 heteroatoms. The van der Waals surface area contributed by atoms with Gasteiger partial charge in [0.25, 0.3) is 0 Å². The second kappa shape index (κ2) is 7.75.